The largest absolute Gasteiger partial charge is 0.481 e. The van der Waals surface area contributed by atoms with Crippen LogP contribution in [0.3, 0.4) is 0 Å². The zero-order valence-corrected chi connectivity index (χ0v) is 18.6. The monoisotopic (exact) mass is 400 g/mol. The molecule has 2 nitrogen and oxygen atoms in total. The first kappa shape index (κ1) is 25.5. The third-order valence-electron chi connectivity index (χ3n) is 5.91. The molecule has 2 heteroatoms. The summed E-state index contributed by atoms with van der Waals surface area (Å²) in [6.45, 7) is 3.65. The maximum atomic E-state index is 11.1. The van der Waals surface area contributed by atoms with Gasteiger partial charge in [-0.3, -0.25) is 4.79 Å². The van der Waals surface area contributed by atoms with Gasteiger partial charge >= 0.3 is 5.97 Å². The van der Waals surface area contributed by atoms with Gasteiger partial charge in [-0.05, 0) is 31.2 Å². The van der Waals surface area contributed by atoms with E-state index in [2.05, 4.69) is 36.9 Å². The Morgan fingerprint density at radius 2 is 1.21 bits per heavy atom. The minimum absolute atomic E-state index is 0.226. The molecule has 0 radical (unpaired) electrons. The standard InChI is InChI=1S/C27H44O2/c1-2-20-26(27(28)29)24-19-14-12-10-8-6-4-3-5-7-9-11-13-16-21-25-22-17-15-18-23-25/h2,15,17-18,22-23,26H,1,3-14,16,19-21,24H2,(H,28,29). The Balaban J connectivity index is 1.76. The van der Waals surface area contributed by atoms with E-state index in [1.807, 2.05) is 0 Å². The predicted molar refractivity (Wildman–Crippen MR) is 125 cm³/mol. The van der Waals surface area contributed by atoms with Crippen molar-refractivity contribution < 1.29 is 9.90 Å². The lowest BCUT2D eigenvalue weighted by atomic mass is 9.97. The molecule has 0 bridgehead atoms. The highest BCUT2D eigenvalue weighted by molar-refractivity contribution is 5.70. The predicted octanol–water partition coefficient (Wildman–Crippen LogP) is 8.36. The molecule has 0 heterocycles. The average Bonchev–Trinajstić information content (AvgIpc) is 2.73. The van der Waals surface area contributed by atoms with Crippen LogP contribution in [0.25, 0.3) is 0 Å². The highest BCUT2D eigenvalue weighted by Gasteiger charge is 2.14. The van der Waals surface area contributed by atoms with Gasteiger partial charge in [0.25, 0.3) is 0 Å². The van der Waals surface area contributed by atoms with Crippen molar-refractivity contribution in [3.8, 4) is 0 Å². The van der Waals surface area contributed by atoms with Crippen LogP contribution in [0, 0.1) is 5.92 Å². The molecular formula is C27H44O2. The van der Waals surface area contributed by atoms with Gasteiger partial charge in [0.1, 0.15) is 0 Å². The summed E-state index contributed by atoms with van der Waals surface area (Å²) in [5, 5.41) is 9.11. The van der Waals surface area contributed by atoms with Crippen molar-refractivity contribution in [1.82, 2.24) is 0 Å². The molecule has 0 saturated carbocycles. The van der Waals surface area contributed by atoms with E-state index >= 15 is 0 Å². The molecule has 0 aliphatic carbocycles. The summed E-state index contributed by atoms with van der Waals surface area (Å²) in [5.41, 5.74) is 1.48. The Labute approximate surface area is 179 Å². The molecule has 0 amide bonds. The van der Waals surface area contributed by atoms with Crippen LogP contribution in [0.15, 0.2) is 43.0 Å². The fraction of sp³-hybridized carbons (Fsp3) is 0.667. The second kappa shape index (κ2) is 18.5. The molecule has 1 atom stereocenters. The highest BCUT2D eigenvalue weighted by atomic mass is 16.4. The van der Waals surface area contributed by atoms with Gasteiger partial charge < -0.3 is 5.11 Å². The van der Waals surface area contributed by atoms with Crippen LogP contribution in [-0.2, 0) is 11.2 Å². The van der Waals surface area contributed by atoms with Gasteiger partial charge in [-0.2, -0.15) is 0 Å². The summed E-state index contributed by atoms with van der Waals surface area (Å²) in [6, 6.07) is 10.8. The number of carbonyl (C=O) groups is 1. The lowest BCUT2D eigenvalue weighted by Gasteiger charge is -2.09. The Bertz CT molecular complexity index is 509. The van der Waals surface area contributed by atoms with Crippen LogP contribution in [0.5, 0.6) is 0 Å². The second-order valence-corrected chi connectivity index (χ2v) is 8.53. The number of benzene rings is 1. The number of hydrogen-bond donors (Lipinski definition) is 1. The lowest BCUT2D eigenvalue weighted by molar-refractivity contribution is -0.141. The number of unbranched alkanes of at least 4 members (excludes halogenated alkanes) is 13. The fourth-order valence-corrected chi connectivity index (χ4v) is 4.03. The molecule has 1 aromatic rings. The van der Waals surface area contributed by atoms with Crippen molar-refractivity contribution in [1.29, 1.82) is 0 Å². The lowest BCUT2D eigenvalue weighted by Crippen LogP contribution is -2.12. The van der Waals surface area contributed by atoms with Crippen molar-refractivity contribution in [2.45, 2.75) is 109 Å². The summed E-state index contributed by atoms with van der Waals surface area (Å²) in [4.78, 5) is 11.1. The normalized spacial score (nSPS) is 12.0. The van der Waals surface area contributed by atoms with Crippen LogP contribution >= 0.6 is 0 Å². The van der Waals surface area contributed by atoms with Gasteiger partial charge in [-0.15, -0.1) is 6.58 Å². The third kappa shape index (κ3) is 15.0. The number of aryl methyl sites for hydroxylation is 1. The van der Waals surface area contributed by atoms with Crippen LogP contribution < -0.4 is 0 Å². The van der Waals surface area contributed by atoms with Crippen LogP contribution in [0.1, 0.15) is 108 Å². The molecule has 0 aliphatic heterocycles. The van der Waals surface area contributed by atoms with E-state index in [1.165, 1.54) is 95.5 Å². The maximum Gasteiger partial charge on any atom is 0.306 e. The molecule has 1 aromatic carbocycles. The minimum Gasteiger partial charge on any atom is -0.481 e. The molecule has 0 spiro atoms. The van der Waals surface area contributed by atoms with Crippen LogP contribution in [0.4, 0.5) is 0 Å². The quantitative estimate of drug-likeness (QED) is 0.176. The van der Waals surface area contributed by atoms with E-state index in [9.17, 15) is 4.79 Å². The van der Waals surface area contributed by atoms with Crippen molar-refractivity contribution in [2.75, 3.05) is 0 Å². The van der Waals surface area contributed by atoms with Gasteiger partial charge in [-0.25, -0.2) is 0 Å². The smallest absolute Gasteiger partial charge is 0.306 e. The Morgan fingerprint density at radius 3 is 1.66 bits per heavy atom. The van der Waals surface area contributed by atoms with E-state index in [0.29, 0.717) is 6.42 Å². The molecule has 29 heavy (non-hydrogen) atoms. The van der Waals surface area contributed by atoms with Crippen molar-refractivity contribution >= 4 is 5.97 Å². The molecule has 0 aliphatic rings. The zero-order valence-electron chi connectivity index (χ0n) is 18.6. The SMILES string of the molecule is C=CCC(CCCCCCCCCCCCCCCCc1ccccc1)C(=O)O. The molecule has 1 unspecified atom stereocenters. The van der Waals surface area contributed by atoms with Gasteiger partial charge in [0.05, 0.1) is 5.92 Å². The highest BCUT2D eigenvalue weighted by Crippen LogP contribution is 2.17. The first-order valence-electron chi connectivity index (χ1n) is 12.1. The number of aliphatic carboxylic acids is 1. The molecule has 1 N–H and O–H groups in total. The van der Waals surface area contributed by atoms with Crippen molar-refractivity contribution in [3.63, 3.8) is 0 Å². The minimum atomic E-state index is -0.669. The Kier molecular flexibility index (Phi) is 16.2. The van der Waals surface area contributed by atoms with E-state index in [0.717, 1.165) is 12.8 Å². The Hall–Kier alpha value is -1.57. The number of allylic oxidation sites excluding steroid dienone is 1. The summed E-state index contributed by atoms with van der Waals surface area (Å²) in [5.74, 6) is -0.895. The summed E-state index contributed by atoms with van der Waals surface area (Å²) in [7, 11) is 0. The first-order chi connectivity index (χ1) is 14.2. The van der Waals surface area contributed by atoms with Gasteiger partial charge in [0.15, 0.2) is 0 Å². The fourth-order valence-electron chi connectivity index (χ4n) is 4.03. The van der Waals surface area contributed by atoms with Crippen LogP contribution in [-0.4, -0.2) is 11.1 Å². The van der Waals surface area contributed by atoms with Crippen molar-refractivity contribution in [3.05, 3.63) is 48.6 Å². The van der Waals surface area contributed by atoms with E-state index in [4.69, 9.17) is 5.11 Å². The van der Waals surface area contributed by atoms with E-state index < -0.39 is 5.97 Å². The molecule has 0 fully saturated rings. The number of rotatable bonds is 20. The first-order valence-corrected chi connectivity index (χ1v) is 12.1. The summed E-state index contributed by atoms with van der Waals surface area (Å²) >= 11 is 0. The van der Waals surface area contributed by atoms with Crippen molar-refractivity contribution in [2.24, 2.45) is 5.92 Å². The number of hydrogen-bond acceptors (Lipinski definition) is 1. The second-order valence-electron chi connectivity index (χ2n) is 8.53. The Morgan fingerprint density at radius 1 is 0.759 bits per heavy atom. The number of carboxylic acid groups (broad SMARTS) is 1. The summed E-state index contributed by atoms with van der Waals surface area (Å²) in [6.07, 6.45) is 22.9. The molecule has 1 rings (SSSR count). The van der Waals surface area contributed by atoms with E-state index in [-0.39, 0.29) is 5.92 Å². The van der Waals surface area contributed by atoms with E-state index in [1.54, 1.807) is 6.08 Å². The van der Waals surface area contributed by atoms with Gasteiger partial charge in [-0.1, -0.05) is 120 Å². The van der Waals surface area contributed by atoms with Crippen LogP contribution in [0.2, 0.25) is 0 Å². The molecule has 164 valence electrons. The maximum absolute atomic E-state index is 11.1. The average molecular weight is 401 g/mol. The van der Waals surface area contributed by atoms with Gasteiger partial charge in [0, 0.05) is 0 Å². The topological polar surface area (TPSA) is 37.3 Å². The molecule has 0 aromatic heterocycles. The molecular weight excluding hydrogens is 356 g/mol. The molecule has 0 saturated heterocycles. The third-order valence-corrected chi connectivity index (χ3v) is 5.91. The number of carboxylic acids is 1. The zero-order chi connectivity index (χ0) is 21.0. The van der Waals surface area contributed by atoms with Gasteiger partial charge in [0.2, 0.25) is 0 Å². The summed E-state index contributed by atoms with van der Waals surface area (Å²) < 4.78 is 0.